The van der Waals surface area contributed by atoms with Gasteiger partial charge in [-0.25, -0.2) is 4.39 Å². The summed E-state index contributed by atoms with van der Waals surface area (Å²) in [5, 5.41) is 4.74. The van der Waals surface area contributed by atoms with Gasteiger partial charge < -0.3 is 9.80 Å². The summed E-state index contributed by atoms with van der Waals surface area (Å²) in [6.45, 7) is 2.29. The Balaban J connectivity index is 1.29. The molecule has 2 aliphatic heterocycles. The SMILES string of the molecule is O=C(Cn1nc(-c2ccncc2)cc1Cc1ccc(F)cc1)N1CCC(N2CCCCC2=O)CC1. The summed E-state index contributed by atoms with van der Waals surface area (Å²) >= 11 is 0. The van der Waals surface area contributed by atoms with E-state index in [-0.39, 0.29) is 30.2 Å². The van der Waals surface area contributed by atoms with Crippen LogP contribution < -0.4 is 0 Å². The Kier molecular flexibility index (Phi) is 6.88. The number of aromatic nitrogens is 3. The molecule has 1 aromatic carbocycles. The predicted molar refractivity (Wildman–Crippen MR) is 130 cm³/mol. The van der Waals surface area contributed by atoms with Gasteiger partial charge in [-0.3, -0.25) is 19.3 Å². The maximum Gasteiger partial charge on any atom is 0.244 e. The molecule has 182 valence electrons. The number of carbonyl (C=O) groups excluding carboxylic acids is 2. The molecule has 0 N–H and O–H groups in total. The van der Waals surface area contributed by atoms with Crippen LogP contribution in [0.15, 0.2) is 54.9 Å². The lowest BCUT2D eigenvalue weighted by atomic mass is 9.99. The van der Waals surface area contributed by atoms with E-state index in [0.29, 0.717) is 25.9 Å². The predicted octanol–water partition coefficient (Wildman–Crippen LogP) is 3.68. The van der Waals surface area contributed by atoms with Crippen molar-refractivity contribution in [3.63, 3.8) is 0 Å². The zero-order valence-corrected chi connectivity index (χ0v) is 19.8. The smallest absolute Gasteiger partial charge is 0.244 e. The van der Waals surface area contributed by atoms with Crippen molar-refractivity contribution in [1.82, 2.24) is 24.6 Å². The van der Waals surface area contributed by atoms with Gasteiger partial charge in [0.15, 0.2) is 0 Å². The molecule has 0 radical (unpaired) electrons. The summed E-state index contributed by atoms with van der Waals surface area (Å²) < 4.78 is 15.1. The molecule has 3 aromatic rings. The third kappa shape index (κ3) is 5.42. The molecule has 8 heteroatoms. The number of hydrogen-bond acceptors (Lipinski definition) is 4. The number of hydrogen-bond donors (Lipinski definition) is 0. The first-order valence-corrected chi connectivity index (χ1v) is 12.4. The Bertz CT molecular complexity index is 1170. The summed E-state index contributed by atoms with van der Waals surface area (Å²) in [4.78, 5) is 33.5. The fourth-order valence-corrected chi connectivity index (χ4v) is 5.08. The quantitative estimate of drug-likeness (QED) is 0.545. The number of benzene rings is 1. The van der Waals surface area contributed by atoms with Gasteiger partial charge >= 0.3 is 0 Å². The van der Waals surface area contributed by atoms with E-state index in [4.69, 9.17) is 5.10 Å². The molecule has 0 spiro atoms. The van der Waals surface area contributed by atoms with Crippen LogP contribution in [0, 0.1) is 5.82 Å². The molecule has 0 saturated carbocycles. The van der Waals surface area contributed by atoms with Gasteiger partial charge in [0.25, 0.3) is 0 Å². The normalized spacial score (nSPS) is 17.1. The van der Waals surface area contributed by atoms with Crippen LogP contribution in [-0.2, 0) is 22.6 Å². The number of rotatable bonds is 6. The van der Waals surface area contributed by atoms with Crippen LogP contribution >= 0.6 is 0 Å². The average Bonchev–Trinajstić information content (AvgIpc) is 3.28. The second-order valence-corrected chi connectivity index (χ2v) is 9.37. The summed E-state index contributed by atoms with van der Waals surface area (Å²) in [7, 11) is 0. The minimum Gasteiger partial charge on any atom is -0.341 e. The van der Waals surface area contributed by atoms with Crippen molar-refractivity contribution in [1.29, 1.82) is 0 Å². The van der Waals surface area contributed by atoms with E-state index in [1.54, 1.807) is 29.2 Å². The molecular formula is C27H30FN5O2. The number of pyridine rings is 1. The first kappa shape index (κ1) is 23.2. The van der Waals surface area contributed by atoms with Crippen LogP contribution in [0.4, 0.5) is 4.39 Å². The lowest BCUT2D eigenvalue weighted by Gasteiger charge is -2.40. The largest absolute Gasteiger partial charge is 0.341 e. The molecule has 5 rings (SSSR count). The Morgan fingerprint density at radius 3 is 2.46 bits per heavy atom. The van der Waals surface area contributed by atoms with Gasteiger partial charge in [0.1, 0.15) is 12.4 Å². The standard InChI is InChI=1S/C27H30FN5O2/c28-22-6-4-20(5-7-22)17-24-18-25(21-8-12-29-13-9-21)30-33(24)19-27(35)31-15-10-23(11-16-31)32-14-2-1-3-26(32)34/h4-9,12-13,18,23H,1-3,10-11,14-17,19H2. The molecule has 7 nitrogen and oxygen atoms in total. The highest BCUT2D eigenvalue weighted by Gasteiger charge is 2.31. The molecule has 2 fully saturated rings. The van der Waals surface area contributed by atoms with Gasteiger partial charge in [-0.2, -0.15) is 5.10 Å². The van der Waals surface area contributed by atoms with Crippen molar-refractivity contribution in [2.24, 2.45) is 0 Å². The number of piperidine rings is 2. The molecular weight excluding hydrogens is 445 g/mol. The molecule has 4 heterocycles. The molecule has 2 aromatic heterocycles. The van der Waals surface area contributed by atoms with E-state index >= 15 is 0 Å². The van der Waals surface area contributed by atoms with Crippen LogP contribution in [0.2, 0.25) is 0 Å². The summed E-state index contributed by atoms with van der Waals surface area (Å²) in [6, 6.07) is 12.4. The number of nitrogens with zero attached hydrogens (tertiary/aromatic N) is 5. The van der Waals surface area contributed by atoms with E-state index in [0.717, 1.165) is 54.7 Å². The number of likely N-dealkylation sites (tertiary alicyclic amines) is 2. The second kappa shape index (κ2) is 10.4. The van der Waals surface area contributed by atoms with Crippen LogP contribution in [0.1, 0.15) is 43.4 Å². The molecule has 0 aliphatic carbocycles. The van der Waals surface area contributed by atoms with E-state index in [9.17, 15) is 14.0 Å². The second-order valence-electron chi connectivity index (χ2n) is 9.37. The topological polar surface area (TPSA) is 71.3 Å². The summed E-state index contributed by atoms with van der Waals surface area (Å²) in [6.07, 6.45) is 8.33. The van der Waals surface area contributed by atoms with Gasteiger partial charge in [-0.05, 0) is 61.6 Å². The number of halogens is 1. The fraction of sp³-hybridized carbons (Fsp3) is 0.407. The third-order valence-electron chi connectivity index (χ3n) is 7.04. The molecule has 0 bridgehead atoms. The zero-order valence-electron chi connectivity index (χ0n) is 19.8. The van der Waals surface area contributed by atoms with Gasteiger partial charge in [0, 0.05) is 62.2 Å². The number of carbonyl (C=O) groups is 2. The highest BCUT2D eigenvalue weighted by atomic mass is 19.1. The minimum atomic E-state index is -0.274. The number of amides is 2. The Morgan fingerprint density at radius 2 is 1.74 bits per heavy atom. The van der Waals surface area contributed by atoms with Crippen molar-refractivity contribution in [3.8, 4) is 11.3 Å². The zero-order chi connectivity index (χ0) is 24.2. The van der Waals surface area contributed by atoms with Gasteiger partial charge in [0.2, 0.25) is 11.8 Å². The fourth-order valence-electron chi connectivity index (χ4n) is 5.08. The molecule has 0 atom stereocenters. The van der Waals surface area contributed by atoms with Gasteiger partial charge in [0.05, 0.1) is 5.69 Å². The van der Waals surface area contributed by atoms with E-state index in [2.05, 4.69) is 4.98 Å². The van der Waals surface area contributed by atoms with Crippen molar-refractivity contribution >= 4 is 11.8 Å². The van der Waals surface area contributed by atoms with Crippen molar-refractivity contribution < 1.29 is 14.0 Å². The van der Waals surface area contributed by atoms with Gasteiger partial charge in [-0.15, -0.1) is 0 Å². The van der Waals surface area contributed by atoms with Crippen LogP contribution in [0.5, 0.6) is 0 Å². The molecule has 0 unspecified atom stereocenters. The van der Waals surface area contributed by atoms with Crippen molar-refractivity contribution in [3.05, 3.63) is 71.9 Å². The van der Waals surface area contributed by atoms with Crippen LogP contribution in [0.3, 0.4) is 0 Å². The van der Waals surface area contributed by atoms with Crippen molar-refractivity contribution in [2.75, 3.05) is 19.6 Å². The lowest BCUT2D eigenvalue weighted by Crippen LogP contribution is -2.50. The Hall–Kier alpha value is -3.55. The van der Waals surface area contributed by atoms with E-state index in [1.807, 2.05) is 28.0 Å². The summed E-state index contributed by atoms with van der Waals surface area (Å²) in [5.74, 6) is 0.00867. The maximum atomic E-state index is 13.4. The minimum absolute atomic E-state index is 0.0261. The first-order chi connectivity index (χ1) is 17.1. The Morgan fingerprint density at radius 1 is 1.00 bits per heavy atom. The maximum absolute atomic E-state index is 13.4. The van der Waals surface area contributed by atoms with E-state index in [1.165, 1.54) is 12.1 Å². The van der Waals surface area contributed by atoms with E-state index < -0.39 is 0 Å². The lowest BCUT2D eigenvalue weighted by molar-refractivity contribution is -0.138. The highest BCUT2D eigenvalue weighted by Crippen LogP contribution is 2.24. The monoisotopic (exact) mass is 475 g/mol. The van der Waals surface area contributed by atoms with Crippen molar-refractivity contribution in [2.45, 2.75) is 51.1 Å². The third-order valence-corrected chi connectivity index (χ3v) is 7.04. The van der Waals surface area contributed by atoms with Crippen LogP contribution in [-0.4, -0.2) is 62.1 Å². The summed E-state index contributed by atoms with van der Waals surface area (Å²) in [5.41, 5.74) is 3.55. The highest BCUT2D eigenvalue weighted by molar-refractivity contribution is 5.78. The van der Waals surface area contributed by atoms with Gasteiger partial charge in [-0.1, -0.05) is 12.1 Å². The molecule has 2 amide bonds. The van der Waals surface area contributed by atoms with Crippen LogP contribution in [0.25, 0.3) is 11.3 Å². The Labute approximate surface area is 204 Å². The molecule has 2 saturated heterocycles. The average molecular weight is 476 g/mol. The molecule has 35 heavy (non-hydrogen) atoms. The molecule has 2 aliphatic rings. The first-order valence-electron chi connectivity index (χ1n) is 12.4.